The minimum absolute atomic E-state index is 0.231. The van der Waals surface area contributed by atoms with Gasteiger partial charge in [0, 0.05) is 18.2 Å². The number of halogens is 1. The SMILES string of the molecule is ClC1CCC2(CC1)OCCO2. The van der Waals surface area contributed by atoms with Gasteiger partial charge in [0.1, 0.15) is 0 Å². The van der Waals surface area contributed by atoms with E-state index in [2.05, 4.69) is 0 Å². The molecule has 64 valence electrons. The quantitative estimate of drug-likeness (QED) is 0.525. The summed E-state index contributed by atoms with van der Waals surface area (Å²) in [5.41, 5.74) is 0. The summed E-state index contributed by atoms with van der Waals surface area (Å²) in [4.78, 5) is 0. The first-order valence-electron chi connectivity index (χ1n) is 4.23. The van der Waals surface area contributed by atoms with Crippen LogP contribution in [0.2, 0.25) is 0 Å². The first-order valence-corrected chi connectivity index (χ1v) is 4.66. The van der Waals surface area contributed by atoms with Gasteiger partial charge in [0.05, 0.1) is 13.2 Å². The van der Waals surface area contributed by atoms with Crippen molar-refractivity contribution in [2.75, 3.05) is 13.2 Å². The minimum Gasteiger partial charge on any atom is -0.348 e. The topological polar surface area (TPSA) is 18.5 Å². The van der Waals surface area contributed by atoms with Crippen LogP contribution in [0.15, 0.2) is 0 Å². The van der Waals surface area contributed by atoms with E-state index in [1.807, 2.05) is 0 Å². The number of ether oxygens (including phenoxy) is 2. The molecule has 0 aromatic carbocycles. The smallest absolute Gasteiger partial charge is 0.168 e. The van der Waals surface area contributed by atoms with Gasteiger partial charge >= 0.3 is 0 Å². The van der Waals surface area contributed by atoms with Crippen LogP contribution in [0.1, 0.15) is 25.7 Å². The predicted molar refractivity (Wildman–Crippen MR) is 42.7 cm³/mol. The monoisotopic (exact) mass is 176 g/mol. The van der Waals surface area contributed by atoms with Crippen molar-refractivity contribution in [3.05, 3.63) is 0 Å². The molecule has 1 aliphatic heterocycles. The summed E-state index contributed by atoms with van der Waals surface area (Å²) in [6.07, 6.45) is 4.01. The predicted octanol–water partition coefficient (Wildman–Crippen LogP) is 1.91. The van der Waals surface area contributed by atoms with Gasteiger partial charge in [0.25, 0.3) is 0 Å². The summed E-state index contributed by atoms with van der Waals surface area (Å²) in [7, 11) is 0. The summed E-state index contributed by atoms with van der Waals surface area (Å²) in [6, 6.07) is 0. The van der Waals surface area contributed by atoms with E-state index in [1.54, 1.807) is 0 Å². The highest BCUT2D eigenvalue weighted by Gasteiger charge is 2.39. The molecule has 1 spiro atoms. The lowest BCUT2D eigenvalue weighted by atomic mass is 9.94. The van der Waals surface area contributed by atoms with Crippen LogP contribution in [0, 0.1) is 0 Å². The number of alkyl halides is 1. The normalized spacial score (nSPS) is 31.4. The van der Waals surface area contributed by atoms with Gasteiger partial charge < -0.3 is 9.47 Å². The maximum Gasteiger partial charge on any atom is 0.168 e. The van der Waals surface area contributed by atoms with Crippen molar-refractivity contribution in [1.29, 1.82) is 0 Å². The summed E-state index contributed by atoms with van der Waals surface area (Å²) in [6.45, 7) is 1.51. The molecule has 0 unspecified atom stereocenters. The lowest BCUT2D eigenvalue weighted by Gasteiger charge is -2.33. The second kappa shape index (κ2) is 2.92. The van der Waals surface area contributed by atoms with Crippen molar-refractivity contribution in [2.24, 2.45) is 0 Å². The van der Waals surface area contributed by atoms with E-state index in [-0.39, 0.29) is 5.79 Å². The second-order valence-corrected chi connectivity index (χ2v) is 3.90. The van der Waals surface area contributed by atoms with Gasteiger partial charge in [-0.2, -0.15) is 0 Å². The first kappa shape index (κ1) is 7.84. The molecule has 0 radical (unpaired) electrons. The molecular formula is C8H13ClO2. The van der Waals surface area contributed by atoms with Crippen LogP contribution in [0.4, 0.5) is 0 Å². The van der Waals surface area contributed by atoms with E-state index in [0.717, 1.165) is 38.9 Å². The highest BCUT2D eigenvalue weighted by atomic mass is 35.5. The van der Waals surface area contributed by atoms with Crippen molar-refractivity contribution in [3.8, 4) is 0 Å². The van der Waals surface area contributed by atoms with Crippen LogP contribution in [0.3, 0.4) is 0 Å². The molecule has 1 saturated carbocycles. The molecule has 1 aliphatic carbocycles. The van der Waals surface area contributed by atoms with Crippen molar-refractivity contribution in [2.45, 2.75) is 36.8 Å². The first-order chi connectivity index (χ1) is 5.31. The largest absolute Gasteiger partial charge is 0.348 e. The molecule has 1 heterocycles. The van der Waals surface area contributed by atoms with Crippen LogP contribution in [0.25, 0.3) is 0 Å². The molecule has 0 bridgehead atoms. The van der Waals surface area contributed by atoms with Crippen LogP contribution in [0.5, 0.6) is 0 Å². The average Bonchev–Trinajstić information content (AvgIpc) is 2.45. The Morgan fingerprint density at radius 2 is 1.64 bits per heavy atom. The fourth-order valence-electron chi connectivity index (χ4n) is 1.81. The van der Waals surface area contributed by atoms with Crippen molar-refractivity contribution >= 4 is 11.6 Å². The van der Waals surface area contributed by atoms with E-state index < -0.39 is 0 Å². The zero-order chi connectivity index (χ0) is 7.73. The van der Waals surface area contributed by atoms with E-state index in [9.17, 15) is 0 Å². The van der Waals surface area contributed by atoms with Crippen molar-refractivity contribution < 1.29 is 9.47 Å². The third kappa shape index (κ3) is 1.53. The maximum absolute atomic E-state index is 5.97. The summed E-state index contributed by atoms with van der Waals surface area (Å²) in [5.74, 6) is -0.231. The van der Waals surface area contributed by atoms with Crippen LogP contribution < -0.4 is 0 Å². The van der Waals surface area contributed by atoms with Crippen molar-refractivity contribution in [1.82, 2.24) is 0 Å². The Hall–Kier alpha value is 0.210. The van der Waals surface area contributed by atoms with Gasteiger partial charge in [-0.05, 0) is 12.8 Å². The summed E-state index contributed by atoms with van der Waals surface area (Å²) >= 11 is 5.97. The second-order valence-electron chi connectivity index (χ2n) is 3.28. The van der Waals surface area contributed by atoms with Crippen LogP contribution in [-0.4, -0.2) is 24.4 Å². The highest BCUT2D eigenvalue weighted by molar-refractivity contribution is 6.20. The molecule has 2 nitrogen and oxygen atoms in total. The molecule has 11 heavy (non-hydrogen) atoms. The Balaban J connectivity index is 1.94. The molecule has 0 amide bonds. The third-order valence-corrected chi connectivity index (χ3v) is 2.93. The number of hydrogen-bond acceptors (Lipinski definition) is 2. The molecule has 0 aromatic heterocycles. The Labute approximate surface area is 71.8 Å². The molecule has 3 heteroatoms. The average molecular weight is 177 g/mol. The molecule has 2 aliphatic rings. The van der Waals surface area contributed by atoms with Gasteiger partial charge in [-0.1, -0.05) is 0 Å². The Bertz CT molecular complexity index is 133. The minimum atomic E-state index is -0.231. The molecular weight excluding hydrogens is 164 g/mol. The lowest BCUT2D eigenvalue weighted by molar-refractivity contribution is -0.176. The van der Waals surface area contributed by atoms with Gasteiger partial charge in [0.15, 0.2) is 5.79 Å². The van der Waals surface area contributed by atoms with E-state index >= 15 is 0 Å². The lowest BCUT2D eigenvalue weighted by Crippen LogP contribution is -2.35. The van der Waals surface area contributed by atoms with Gasteiger partial charge in [-0.3, -0.25) is 0 Å². The standard InChI is InChI=1S/C8H13ClO2/c9-7-1-3-8(4-2-7)10-5-6-11-8/h7H,1-6H2. The van der Waals surface area contributed by atoms with E-state index in [0.29, 0.717) is 5.38 Å². The Morgan fingerprint density at radius 3 is 2.18 bits per heavy atom. The molecule has 1 saturated heterocycles. The zero-order valence-corrected chi connectivity index (χ0v) is 7.27. The summed E-state index contributed by atoms with van der Waals surface area (Å²) < 4.78 is 11.1. The number of rotatable bonds is 0. The molecule has 0 N–H and O–H groups in total. The Morgan fingerprint density at radius 1 is 1.09 bits per heavy atom. The Kier molecular flexibility index (Phi) is 2.08. The van der Waals surface area contributed by atoms with E-state index in [4.69, 9.17) is 21.1 Å². The van der Waals surface area contributed by atoms with Gasteiger partial charge in [-0.25, -0.2) is 0 Å². The zero-order valence-electron chi connectivity index (χ0n) is 6.51. The third-order valence-electron chi connectivity index (χ3n) is 2.49. The van der Waals surface area contributed by atoms with Crippen molar-refractivity contribution in [3.63, 3.8) is 0 Å². The summed E-state index contributed by atoms with van der Waals surface area (Å²) in [5, 5.41) is 0.341. The molecule has 2 fully saturated rings. The van der Waals surface area contributed by atoms with E-state index in [1.165, 1.54) is 0 Å². The van der Waals surface area contributed by atoms with Gasteiger partial charge in [-0.15, -0.1) is 11.6 Å². The highest BCUT2D eigenvalue weighted by Crippen LogP contribution is 2.37. The van der Waals surface area contributed by atoms with Gasteiger partial charge in [0.2, 0.25) is 0 Å². The molecule has 0 atom stereocenters. The maximum atomic E-state index is 5.97. The molecule has 2 rings (SSSR count). The fourth-order valence-corrected chi connectivity index (χ4v) is 2.03. The number of hydrogen-bond donors (Lipinski definition) is 0. The van der Waals surface area contributed by atoms with Crippen LogP contribution >= 0.6 is 11.6 Å². The fraction of sp³-hybridized carbons (Fsp3) is 1.00. The molecule has 0 aromatic rings. The van der Waals surface area contributed by atoms with Crippen LogP contribution in [-0.2, 0) is 9.47 Å².